The molecule has 0 radical (unpaired) electrons. The summed E-state index contributed by atoms with van der Waals surface area (Å²) in [6, 6.07) is 69.6. The first-order valence-corrected chi connectivity index (χ1v) is 21.6. The van der Waals surface area contributed by atoms with Gasteiger partial charge in [-0.2, -0.15) is 0 Å². The van der Waals surface area contributed by atoms with Gasteiger partial charge in [-0.1, -0.05) is 195 Å². The first kappa shape index (κ1) is 51.5. The van der Waals surface area contributed by atoms with Gasteiger partial charge >= 0.3 is 41.2 Å². The van der Waals surface area contributed by atoms with Crippen LogP contribution >= 0.6 is 15.8 Å². The fraction of sp³-hybridized carbons (Fsp3) is 0. The molecule has 0 atom stereocenters. The molecule has 0 unspecified atom stereocenters. The molecule has 0 aliphatic rings. The molecule has 0 aliphatic carbocycles. The van der Waals surface area contributed by atoms with Crippen LogP contribution in [0.15, 0.2) is 195 Å². The van der Waals surface area contributed by atoms with Gasteiger partial charge in [-0.3, -0.25) is 0 Å². The number of fused-ring (bicyclic) bond motifs is 2. The predicted molar refractivity (Wildman–Crippen MR) is 245 cm³/mol. The van der Waals surface area contributed by atoms with Gasteiger partial charge in [0.25, 0.3) is 0 Å². The first-order valence-electron chi connectivity index (χ1n) is 18.9. The van der Waals surface area contributed by atoms with E-state index in [-0.39, 0.29) is 19.5 Å². The molecule has 64 heavy (non-hydrogen) atoms. The zero-order chi connectivity index (χ0) is 45.8. The van der Waals surface area contributed by atoms with E-state index in [4.69, 9.17) is 0 Å². The Balaban J connectivity index is 0.000000488. The molecule has 0 aliphatic heterocycles. The van der Waals surface area contributed by atoms with E-state index in [9.17, 15) is 51.8 Å². The maximum Gasteiger partial charge on any atom is 3.00 e. The molecule has 0 bridgehead atoms. The third-order valence-corrected chi connectivity index (χ3v) is 13.9. The van der Waals surface area contributed by atoms with Crippen LogP contribution in [0.2, 0.25) is 0 Å². The molecule has 0 spiro atoms. The van der Waals surface area contributed by atoms with Crippen LogP contribution in [0.25, 0.3) is 38.7 Å². The van der Waals surface area contributed by atoms with Gasteiger partial charge in [-0.25, -0.2) is 0 Å². The molecule has 0 heterocycles. The van der Waals surface area contributed by atoms with E-state index < -0.39 is 37.6 Å². The van der Waals surface area contributed by atoms with Crippen LogP contribution in [-0.4, -0.2) is 21.8 Å². The Hall–Kier alpha value is -5.14. The molecule has 8 rings (SSSR count). The third-order valence-electron chi connectivity index (χ3n) is 8.95. The van der Waals surface area contributed by atoms with Gasteiger partial charge in [-0.05, 0) is 92.0 Å². The molecule has 0 N–H and O–H groups in total. The van der Waals surface area contributed by atoms with Crippen molar-refractivity contribution in [1.29, 1.82) is 0 Å². The minimum absolute atomic E-state index is 0. The standard InChI is InChI=1S/C46H34P2.3BF4.Rh/c1-2-34-27-30-42-36(33-34)29-32-44(48(39-22-11-5-12-23-39)40-24-13-6-14-25-40)46(42)45-41-26-16-15-17-35(41)28-31-43(45)47(37-18-7-3-8-19-37)38-20-9-4-10-21-38;3*2-1(3,4)5;/h2-33H,1H2;;;;/q;3*-1;+3. The second kappa shape index (κ2) is 23.2. The number of benzene rings is 8. The average molecular weight is 1010 g/mol. The zero-order valence-corrected chi connectivity index (χ0v) is 36.6. The number of hydrogen-bond acceptors (Lipinski definition) is 0. The monoisotopic (exact) mass is 1010 g/mol. The van der Waals surface area contributed by atoms with Crippen LogP contribution < -0.4 is 31.8 Å². The quantitative estimate of drug-likeness (QED) is 0.0808. The molecule has 0 nitrogen and oxygen atoms in total. The summed E-state index contributed by atoms with van der Waals surface area (Å²) in [6.45, 7) is 4.09. The van der Waals surface area contributed by atoms with Gasteiger partial charge in [0.05, 0.1) is 0 Å². The van der Waals surface area contributed by atoms with Crippen molar-refractivity contribution in [3.63, 3.8) is 0 Å². The summed E-state index contributed by atoms with van der Waals surface area (Å²) in [5, 5.41) is 13.2. The fourth-order valence-corrected chi connectivity index (χ4v) is 11.7. The van der Waals surface area contributed by atoms with Crippen molar-refractivity contribution in [2.45, 2.75) is 0 Å². The van der Waals surface area contributed by atoms with E-state index in [1.165, 1.54) is 64.5 Å². The smallest absolute Gasteiger partial charge is 0.418 e. The summed E-state index contributed by atoms with van der Waals surface area (Å²) >= 11 is 0. The summed E-state index contributed by atoms with van der Waals surface area (Å²) in [4.78, 5) is 0. The second-order valence-corrected chi connectivity index (χ2v) is 17.7. The largest absolute Gasteiger partial charge is 3.00 e. The molecular formula is C46H34B3F12P2Rh. The summed E-state index contributed by atoms with van der Waals surface area (Å²) in [7, 11) is -19.8. The molecule has 8 aromatic rings. The summed E-state index contributed by atoms with van der Waals surface area (Å²) in [5.74, 6) is 0. The van der Waals surface area contributed by atoms with Gasteiger partial charge < -0.3 is 51.8 Å². The Kier molecular flexibility index (Phi) is 18.6. The normalized spacial score (nSPS) is 11.3. The maximum absolute atomic E-state index is 9.75. The molecule has 0 saturated carbocycles. The van der Waals surface area contributed by atoms with E-state index in [0.717, 1.165) is 5.56 Å². The summed E-state index contributed by atoms with van der Waals surface area (Å²) < 4.78 is 117. The average Bonchev–Trinajstić information content (AvgIpc) is 3.23. The van der Waals surface area contributed by atoms with E-state index in [0.29, 0.717) is 0 Å². The van der Waals surface area contributed by atoms with Crippen LogP contribution in [0.5, 0.6) is 0 Å². The second-order valence-electron chi connectivity index (χ2n) is 13.3. The van der Waals surface area contributed by atoms with Crippen molar-refractivity contribution in [3.05, 3.63) is 200 Å². The van der Waals surface area contributed by atoms with Crippen molar-refractivity contribution in [3.8, 4) is 11.1 Å². The number of halogens is 12. The van der Waals surface area contributed by atoms with Gasteiger partial charge in [0.15, 0.2) is 0 Å². The van der Waals surface area contributed by atoms with Crippen molar-refractivity contribution < 1.29 is 71.3 Å². The molecule has 0 fully saturated rings. The summed E-state index contributed by atoms with van der Waals surface area (Å²) in [6.07, 6.45) is 1.95. The Morgan fingerprint density at radius 1 is 0.344 bits per heavy atom. The predicted octanol–water partition coefficient (Wildman–Crippen LogP) is 13.7. The topological polar surface area (TPSA) is 0 Å². The Bertz CT molecular complexity index is 2580. The molecule has 18 heteroatoms. The maximum atomic E-state index is 9.75. The minimum Gasteiger partial charge on any atom is -0.418 e. The Morgan fingerprint density at radius 3 is 0.984 bits per heavy atom. The third kappa shape index (κ3) is 15.5. The van der Waals surface area contributed by atoms with Gasteiger partial charge in [0.1, 0.15) is 0 Å². The number of rotatable bonds is 8. The Labute approximate surface area is 378 Å². The van der Waals surface area contributed by atoms with Crippen LogP contribution in [-0.2, 0) is 19.5 Å². The number of hydrogen-bond donors (Lipinski definition) is 0. The van der Waals surface area contributed by atoms with E-state index in [1.807, 2.05) is 6.08 Å². The molecular weight excluding hydrogens is 978 g/mol. The van der Waals surface area contributed by atoms with Crippen LogP contribution in [0, 0.1) is 0 Å². The van der Waals surface area contributed by atoms with Crippen molar-refractivity contribution in [1.82, 2.24) is 0 Å². The van der Waals surface area contributed by atoms with Crippen molar-refractivity contribution in [2.75, 3.05) is 0 Å². The van der Waals surface area contributed by atoms with Gasteiger partial charge in [0, 0.05) is 0 Å². The van der Waals surface area contributed by atoms with Gasteiger partial charge in [0.2, 0.25) is 0 Å². The van der Waals surface area contributed by atoms with E-state index in [1.54, 1.807) is 0 Å². The molecule has 0 aromatic heterocycles. The van der Waals surface area contributed by atoms with Crippen molar-refractivity contribution >= 4 is 97.1 Å². The zero-order valence-electron chi connectivity index (χ0n) is 33.2. The SMILES string of the molecule is C=Cc1ccc2c(-c3c(P(c4ccccc4)c4ccccc4)ccc4ccccc34)c(P(c3ccccc3)c3ccccc3)ccc2c1.F[B-](F)(F)F.F[B-](F)(F)F.F[B-](F)(F)F.[Rh+3]. The van der Waals surface area contributed by atoms with Crippen LogP contribution in [0.4, 0.5) is 51.8 Å². The molecule has 8 aromatic carbocycles. The minimum atomic E-state index is -6.00. The summed E-state index contributed by atoms with van der Waals surface area (Å²) in [5.41, 5.74) is 3.79. The molecule has 0 amide bonds. The first-order chi connectivity index (χ1) is 29.8. The molecule has 0 saturated heterocycles. The van der Waals surface area contributed by atoms with Crippen LogP contribution in [0.3, 0.4) is 0 Å². The van der Waals surface area contributed by atoms with E-state index >= 15 is 0 Å². The fourth-order valence-electron chi connectivity index (χ4n) is 6.78. The van der Waals surface area contributed by atoms with Crippen molar-refractivity contribution in [2.24, 2.45) is 0 Å². The van der Waals surface area contributed by atoms with Crippen LogP contribution in [0.1, 0.15) is 5.56 Å². The Morgan fingerprint density at radius 2 is 0.641 bits per heavy atom. The van der Waals surface area contributed by atoms with Gasteiger partial charge in [-0.15, -0.1) is 0 Å². The molecule has 330 valence electrons. The van der Waals surface area contributed by atoms with E-state index in [2.05, 4.69) is 195 Å².